The Hall–Kier alpha value is -0.410. The van der Waals surface area contributed by atoms with Gasteiger partial charge in [-0.25, -0.2) is 13.1 Å². The summed E-state index contributed by atoms with van der Waals surface area (Å²) in [5.74, 6) is 0.310. The lowest BCUT2D eigenvalue weighted by molar-refractivity contribution is -0.132. The number of halogens is 1. The zero-order chi connectivity index (χ0) is 15.3. The molecule has 2 N–H and O–H groups in total. The van der Waals surface area contributed by atoms with Crippen molar-refractivity contribution >= 4 is 28.3 Å². The molecule has 9 heteroatoms. The number of likely N-dealkylation sites (tertiary alicyclic amines) is 1. The van der Waals surface area contributed by atoms with Crippen LogP contribution >= 0.6 is 12.4 Å². The number of sulfonamides is 1. The lowest BCUT2D eigenvalue weighted by atomic mass is 10.2. The summed E-state index contributed by atoms with van der Waals surface area (Å²) in [4.78, 5) is 16.2. The van der Waals surface area contributed by atoms with Gasteiger partial charge < -0.3 is 10.2 Å². The summed E-state index contributed by atoms with van der Waals surface area (Å²) in [6, 6.07) is 0.0401. The average molecular weight is 355 g/mol. The maximum atomic E-state index is 12.1. The minimum Gasteiger partial charge on any atom is -0.340 e. The molecule has 0 aromatic carbocycles. The van der Waals surface area contributed by atoms with Gasteiger partial charge in [-0.15, -0.1) is 12.4 Å². The molecule has 1 amide bonds. The van der Waals surface area contributed by atoms with Crippen molar-refractivity contribution in [2.45, 2.75) is 25.3 Å². The number of carbonyl (C=O) groups excluding carboxylic acids is 1. The van der Waals surface area contributed by atoms with Gasteiger partial charge in [0, 0.05) is 45.2 Å². The van der Waals surface area contributed by atoms with Crippen molar-refractivity contribution in [3.63, 3.8) is 0 Å². The van der Waals surface area contributed by atoms with E-state index in [1.807, 2.05) is 4.90 Å². The predicted octanol–water partition coefficient (Wildman–Crippen LogP) is -0.756. The first kappa shape index (κ1) is 19.6. The summed E-state index contributed by atoms with van der Waals surface area (Å²) in [5, 5.41) is 3.23. The van der Waals surface area contributed by atoms with Crippen molar-refractivity contribution in [1.82, 2.24) is 19.8 Å². The van der Waals surface area contributed by atoms with Gasteiger partial charge in [-0.1, -0.05) is 0 Å². The van der Waals surface area contributed by atoms with Crippen LogP contribution in [0, 0.1) is 0 Å². The lowest BCUT2D eigenvalue weighted by Crippen LogP contribution is -2.47. The Kier molecular flexibility index (Phi) is 8.06. The minimum absolute atomic E-state index is 0. The van der Waals surface area contributed by atoms with Crippen molar-refractivity contribution < 1.29 is 13.2 Å². The van der Waals surface area contributed by atoms with E-state index in [0.29, 0.717) is 13.0 Å². The van der Waals surface area contributed by atoms with Crippen LogP contribution in [-0.2, 0) is 14.8 Å². The summed E-state index contributed by atoms with van der Waals surface area (Å²) >= 11 is 0. The number of nitrogens with one attached hydrogen (secondary N) is 2. The Balaban J connectivity index is 0.00000242. The van der Waals surface area contributed by atoms with Crippen LogP contribution in [0.25, 0.3) is 0 Å². The number of hydrogen-bond acceptors (Lipinski definition) is 5. The van der Waals surface area contributed by atoms with Crippen LogP contribution in [0.5, 0.6) is 0 Å². The maximum Gasteiger partial charge on any atom is 0.223 e. The smallest absolute Gasteiger partial charge is 0.223 e. The molecule has 0 saturated carbocycles. The largest absolute Gasteiger partial charge is 0.340 e. The highest BCUT2D eigenvalue weighted by Gasteiger charge is 2.29. The van der Waals surface area contributed by atoms with E-state index in [1.54, 1.807) is 0 Å². The molecule has 130 valence electrons. The van der Waals surface area contributed by atoms with Crippen LogP contribution in [0.15, 0.2) is 0 Å². The normalized spacial score (nSPS) is 23.3. The van der Waals surface area contributed by atoms with Gasteiger partial charge in [-0.05, 0) is 26.4 Å². The second-order valence-corrected chi connectivity index (χ2v) is 7.67. The molecule has 2 aliphatic rings. The first-order chi connectivity index (χ1) is 10.0. The Bertz CT molecular complexity index is 454. The number of nitrogens with zero attached hydrogens (tertiary/aromatic N) is 2. The van der Waals surface area contributed by atoms with Crippen molar-refractivity contribution in [1.29, 1.82) is 0 Å². The van der Waals surface area contributed by atoms with E-state index in [0.717, 1.165) is 45.6 Å². The summed E-state index contributed by atoms with van der Waals surface area (Å²) in [7, 11) is -1.74. The molecule has 0 radical (unpaired) electrons. The third kappa shape index (κ3) is 5.66. The van der Waals surface area contributed by atoms with Crippen LogP contribution in [0.3, 0.4) is 0 Å². The van der Waals surface area contributed by atoms with Crippen LogP contribution < -0.4 is 10.0 Å². The predicted molar refractivity (Wildman–Crippen MR) is 88.8 cm³/mol. The Morgan fingerprint density at radius 3 is 2.59 bits per heavy atom. The van der Waals surface area contributed by atoms with E-state index in [2.05, 4.69) is 14.9 Å². The summed E-state index contributed by atoms with van der Waals surface area (Å²) in [6.45, 7) is 4.81. The van der Waals surface area contributed by atoms with Gasteiger partial charge in [0.25, 0.3) is 0 Å². The van der Waals surface area contributed by atoms with E-state index < -0.39 is 10.0 Å². The monoisotopic (exact) mass is 354 g/mol. The lowest BCUT2D eigenvalue weighted by Gasteiger charge is -2.29. The summed E-state index contributed by atoms with van der Waals surface area (Å²) in [6.07, 6.45) is 2.38. The third-order valence-corrected chi connectivity index (χ3v) is 5.75. The van der Waals surface area contributed by atoms with Gasteiger partial charge in [0.05, 0.1) is 5.75 Å². The standard InChI is InChI=1S/C13H26N4O3S.ClH/c1-14-21(19,20)11-12-3-2-7-16(12)8-4-13(18)17-9-5-15-6-10-17;/h12,14-15H,2-11H2,1H3;1H. The van der Waals surface area contributed by atoms with Crippen molar-refractivity contribution in [3.8, 4) is 0 Å². The molecule has 2 fully saturated rings. The maximum absolute atomic E-state index is 12.1. The molecule has 2 rings (SSSR count). The molecule has 0 aliphatic carbocycles. The molecule has 1 atom stereocenters. The van der Waals surface area contributed by atoms with E-state index in [1.165, 1.54) is 7.05 Å². The number of piperazine rings is 1. The van der Waals surface area contributed by atoms with Crippen molar-refractivity contribution in [2.75, 3.05) is 52.1 Å². The second-order valence-electron chi connectivity index (χ2n) is 5.70. The zero-order valence-electron chi connectivity index (χ0n) is 13.1. The van der Waals surface area contributed by atoms with Gasteiger partial charge in [0.2, 0.25) is 15.9 Å². The highest BCUT2D eigenvalue weighted by atomic mass is 35.5. The quantitative estimate of drug-likeness (QED) is 0.655. The highest BCUT2D eigenvalue weighted by Crippen LogP contribution is 2.19. The summed E-state index contributed by atoms with van der Waals surface area (Å²) in [5.41, 5.74) is 0. The molecular weight excluding hydrogens is 328 g/mol. The van der Waals surface area contributed by atoms with Gasteiger partial charge in [0.1, 0.15) is 0 Å². The fraction of sp³-hybridized carbons (Fsp3) is 0.923. The SMILES string of the molecule is CNS(=O)(=O)CC1CCCN1CCC(=O)N1CCNCC1.Cl. The van der Waals surface area contributed by atoms with E-state index >= 15 is 0 Å². The average Bonchev–Trinajstić information content (AvgIpc) is 2.92. The Morgan fingerprint density at radius 1 is 1.27 bits per heavy atom. The van der Waals surface area contributed by atoms with Gasteiger partial charge in [0.15, 0.2) is 0 Å². The molecule has 2 saturated heterocycles. The van der Waals surface area contributed by atoms with Crippen LogP contribution in [-0.4, -0.2) is 82.2 Å². The number of hydrogen-bond donors (Lipinski definition) is 2. The fourth-order valence-electron chi connectivity index (χ4n) is 3.03. The third-order valence-electron chi connectivity index (χ3n) is 4.30. The Morgan fingerprint density at radius 2 is 1.95 bits per heavy atom. The highest BCUT2D eigenvalue weighted by molar-refractivity contribution is 7.89. The number of carbonyl (C=O) groups is 1. The minimum atomic E-state index is -3.19. The molecule has 0 bridgehead atoms. The molecular formula is C13H27ClN4O3S. The van der Waals surface area contributed by atoms with E-state index in [-0.39, 0.29) is 30.1 Å². The number of rotatable bonds is 6. The first-order valence-corrected chi connectivity index (χ1v) is 9.31. The zero-order valence-corrected chi connectivity index (χ0v) is 14.7. The molecule has 0 spiro atoms. The van der Waals surface area contributed by atoms with Gasteiger partial charge in [-0.2, -0.15) is 0 Å². The Labute approximate surface area is 139 Å². The fourth-order valence-corrected chi connectivity index (χ4v) is 4.08. The van der Waals surface area contributed by atoms with Crippen LogP contribution in [0.1, 0.15) is 19.3 Å². The van der Waals surface area contributed by atoms with Gasteiger partial charge in [-0.3, -0.25) is 9.69 Å². The molecule has 22 heavy (non-hydrogen) atoms. The molecule has 0 aromatic rings. The van der Waals surface area contributed by atoms with E-state index in [9.17, 15) is 13.2 Å². The summed E-state index contributed by atoms with van der Waals surface area (Å²) < 4.78 is 25.7. The first-order valence-electron chi connectivity index (χ1n) is 7.65. The van der Waals surface area contributed by atoms with Gasteiger partial charge >= 0.3 is 0 Å². The number of amides is 1. The van der Waals surface area contributed by atoms with Crippen LogP contribution in [0.2, 0.25) is 0 Å². The van der Waals surface area contributed by atoms with Crippen molar-refractivity contribution in [2.24, 2.45) is 0 Å². The van der Waals surface area contributed by atoms with E-state index in [4.69, 9.17) is 0 Å². The molecule has 2 heterocycles. The molecule has 1 unspecified atom stereocenters. The second kappa shape index (κ2) is 9.02. The van der Waals surface area contributed by atoms with Crippen molar-refractivity contribution in [3.05, 3.63) is 0 Å². The molecule has 7 nitrogen and oxygen atoms in total. The topological polar surface area (TPSA) is 81.8 Å². The molecule has 0 aromatic heterocycles. The molecule has 2 aliphatic heterocycles. The van der Waals surface area contributed by atoms with Crippen LogP contribution in [0.4, 0.5) is 0 Å².